The van der Waals surface area contributed by atoms with Crippen molar-refractivity contribution in [1.82, 2.24) is 15.1 Å². The van der Waals surface area contributed by atoms with E-state index < -0.39 is 0 Å². The Morgan fingerprint density at radius 2 is 1.90 bits per heavy atom. The van der Waals surface area contributed by atoms with Crippen molar-refractivity contribution in [3.63, 3.8) is 0 Å². The number of hydrogen-bond acceptors (Lipinski definition) is 3. The lowest BCUT2D eigenvalue weighted by atomic mass is 9.98. The van der Waals surface area contributed by atoms with E-state index in [0.717, 1.165) is 38.4 Å². The zero-order valence-electron chi connectivity index (χ0n) is 13.7. The van der Waals surface area contributed by atoms with Gasteiger partial charge in [-0.2, -0.15) is 0 Å². The molecule has 2 unspecified atom stereocenters. The summed E-state index contributed by atoms with van der Waals surface area (Å²) in [5.74, 6) is 0.374. The Bertz CT molecular complexity index is 378. The van der Waals surface area contributed by atoms with E-state index >= 15 is 0 Å². The van der Waals surface area contributed by atoms with Crippen molar-refractivity contribution in [2.24, 2.45) is 0 Å². The Morgan fingerprint density at radius 1 is 1.14 bits per heavy atom. The highest BCUT2D eigenvalue weighted by molar-refractivity contribution is 5.89. The maximum Gasteiger partial charge on any atom is 0.244 e. The number of hydrogen-bond donors (Lipinski definition) is 1. The Kier molecular flexibility index (Phi) is 4.55. The van der Waals surface area contributed by atoms with Crippen molar-refractivity contribution in [3.8, 4) is 0 Å². The summed E-state index contributed by atoms with van der Waals surface area (Å²) in [5.41, 5.74) is -0.197. The molecule has 120 valence electrons. The van der Waals surface area contributed by atoms with Crippen LogP contribution in [0.1, 0.15) is 65.2 Å². The summed E-state index contributed by atoms with van der Waals surface area (Å²) in [7, 11) is 0. The predicted octanol–water partition coefficient (Wildman–Crippen LogP) is 2.34. The fraction of sp³-hybridized carbons (Fsp3) is 0.941. The average Bonchev–Trinajstić information content (AvgIpc) is 3.02. The first-order valence-electron chi connectivity index (χ1n) is 8.95. The molecule has 3 rings (SSSR count). The topological polar surface area (TPSA) is 35.6 Å². The third kappa shape index (κ3) is 2.98. The fourth-order valence-electron chi connectivity index (χ4n) is 4.56. The van der Waals surface area contributed by atoms with Crippen LogP contribution in [-0.2, 0) is 4.79 Å². The molecule has 21 heavy (non-hydrogen) atoms. The van der Waals surface area contributed by atoms with E-state index in [4.69, 9.17) is 0 Å². The number of piperidine rings is 1. The summed E-state index contributed by atoms with van der Waals surface area (Å²) in [4.78, 5) is 17.4. The Hall–Kier alpha value is -0.610. The summed E-state index contributed by atoms with van der Waals surface area (Å²) in [5, 5.41) is 3.59. The van der Waals surface area contributed by atoms with Crippen LogP contribution in [0.15, 0.2) is 0 Å². The van der Waals surface area contributed by atoms with Crippen molar-refractivity contribution >= 4 is 5.91 Å². The van der Waals surface area contributed by atoms with E-state index in [1.54, 1.807) is 0 Å². The van der Waals surface area contributed by atoms with Gasteiger partial charge in [0.25, 0.3) is 0 Å². The average molecular weight is 293 g/mol. The summed E-state index contributed by atoms with van der Waals surface area (Å²) in [6, 6.07) is 0.727. The van der Waals surface area contributed by atoms with Crippen LogP contribution in [-0.4, -0.2) is 53.1 Å². The first kappa shape index (κ1) is 15.3. The molecule has 1 N–H and O–H groups in total. The molecule has 1 amide bonds. The first-order valence-corrected chi connectivity index (χ1v) is 8.95. The van der Waals surface area contributed by atoms with Gasteiger partial charge in [-0.25, -0.2) is 0 Å². The number of carbonyl (C=O) groups is 1. The smallest absolute Gasteiger partial charge is 0.244 e. The number of rotatable bonds is 4. The lowest BCUT2D eigenvalue weighted by Gasteiger charge is -2.34. The van der Waals surface area contributed by atoms with Crippen molar-refractivity contribution in [2.45, 2.75) is 83.0 Å². The molecule has 1 saturated carbocycles. The molecule has 3 fully saturated rings. The maximum absolute atomic E-state index is 12.7. The molecule has 0 aromatic rings. The molecule has 0 radical (unpaired) electrons. The second-order valence-corrected chi connectivity index (χ2v) is 7.34. The number of amides is 1. The van der Waals surface area contributed by atoms with Crippen LogP contribution in [0, 0.1) is 0 Å². The summed E-state index contributed by atoms with van der Waals surface area (Å²) >= 11 is 0. The molecule has 1 aliphatic carbocycles. The highest BCUT2D eigenvalue weighted by Crippen LogP contribution is 2.36. The van der Waals surface area contributed by atoms with E-state index in [0.29, 0.717) is 5.91 Å². The van der Waals surface area contributed by atoms with Crippen molar-refractivity contribution in [2.75, 3.05) is 19.6 Å². The van der Waals surface area contributed by atoms with Gasteiger partial charge in [0.05, 0.1) is 11.7 Å². The summed E-state index contributed by atoms with van der Waals surface area (Å²) in [6.45, 7) is 7.79. The molecule has 0 aromatic heterocycles. The highest BCUT2D eigenvalue weighted by Gasteiger charge is 2.50. The van der Waals surface area contributed by atoms with E-state index in [9.17, 15) is 4.79 Å². The SMILES string of the molecule is CC1CCCCN1CCCN1C(=O)C2(CCCC2)NC1C. The quantitative estimate of drug-likeness (QED) is 0.864. The molecule has 4 heteroatoms. The van der Waals surface area contributed by atoms with Gasteiger partial charge in [-0.05, 0) is 52.5 Å². The Morgan fingerprint density at radius 3 is 2.62 bits per heavy atom. The molecule has 1 spiro atoms. The van der Waals surface area contributed by atoms with Gasteiger partial charge in [-0.3, -0.25) is 10.1 Å². The molecular weight excluding hydrogens is 262 g/mol. The normalized spacial score (nSPS) is 33.2. The molecule has 0 bridgehead atoms. The van der Waals surface area contributed by atoms with Gasteiger partial charge in [0.1, 0.15) is 0 Å². The van der Waals surface area contributed by atoms with Crippen molar-refractivity contribution < 1.29 is 4.79 Å². The Balaban J connectivity index is 1.50. The van der Waals surface area contributed by atoms with E-state index in [1.807, 2.05) is 0 Å². The zero-order valence-corrected chi connectivity index (χ0v) is 13.7. The van der Waals surface area contributed by atoms with Gasteiger partial charge in [0.15, 0.2) is 0 Å². The third-order valence-electron chi connectivity index (χ3n) is 5.86. The molecule has 3 aliphatic rings. The number of likely N-dealkylation sites (tertiary alicyclic amines) is 1. The van der Waals surface area contributed by atoms with Gasteiger partial charge in [-0.1, -0.05) is 19.3 Å². The number of nitrogens with one attached hydrogen (secondary N) is 1. The summed E-state index contributed by atoms with van der Waals surface area (Å²) < 4.78 is 0. The minimum absolute atomic E-state index is 0.197. The largest absolute Gasteiger partial charge is 0.326 e. The molecular formula is C17H31N3O. The number of nitrogens with zero attached hydrogens (tertiary/aromatic N) is 2. The second kappa shape index (κ2) is 6.25. The maximum atomic E-state index is 12.7. The van der Waals surface area contributed by atoms with E-state index in [-0.39, 0.29) is 11.7 Å². The monoisotopic (exact) mass is 293 g/mol. The van der Waals surface area contributed by atoms with Crippen molar-refractivity contribution in [1.29, 1.82) is 0 Å². The zero-order chi connectivity index (χ0) is 14.9. The predicted molar refractivity (Wildman–Crippen MR) is 85.0 cm³/mol. The Labute approximate surface area is 129 Å². The number of carbonyl (C=O) groups excluding carboxylic acids is 1. The third-order valence-corrected chi connectivity index (χ3v) is 5.86. The molecule has 2 heterocycles. The second-order valence-electron chi connectivity index (χ2n) is 7.34. The molecule has 2 atom stereocenters. The summed E-state index contributed by atoms with van der Waals surface area (Å²) in [6.07, 6.45) is 9.86. The van der Waals surface area contributed by atoms with E-state index in [2.05, 4.69) is 29.0 Å². The van der Waals surface area contributed by atoms with Gasteiger partial charge in [0, 0.05) is 19.1 Å². The molecule has 2 saturated heterocycles. The first-order chi connectivity index (χ1) is 10.1. The van der Waals surface area contributed by atoms with Gasteiger partial charge in [0.2, 0.25) is 5.91 Å². The van der Waals surface area contributed by atoms with Crippen LogP contribution in [0.2, 0.25) is 0 Å². The van der Waals surface area contributed by atoms with Gasteiger partial charge in [-0.15, -0.1) is 0 Å². The lowest BCUT2D eigenvalue weighted by molar-refractivity contribution is -0.133. The van der Waals surface area contributed by atoms with Crippen LogP contribution in [0.25, 0.3) is 0 Å². The van der Waals surface area contributed by atoms with Crippen molar-refractivity contribution in [3.05, 3.63) is 0 Å². The molecule has 2 aliphatic heterocycles. The molecule has 4 nitrogen and oxygen atoms in total. The minimum Gasteiger partial charge on any atom is -0.326 e. The van der Waals surface area contributed by atoms with Gasteiger partial charge < -0.3 is 9.80 Å². The van der Waals surface area contributed by atoms with Crippen LogP contribution in [0.3, 0.4) is 0 Å². The minimum atomic E-state index is -0.197. The highest BCUT2D eigenvalue weighted by atomic mass is 16.2. The van der Waals surface area contributed by atoms with Crippen LogP contribution in [0.5, 0.6) is 0 Å². The van der Waals surface area contributed by atoms with E-state index in [1.165, 1.54) is 38.6 Å². The van der Waals surface area contributed by atoms with Gasteiger partial charge >= 0.3 is 0 Å². The lowest BCUT2D eigenvalue weighted by Crippen LogP contribution is -2.44. The van der Waals surface area contributed by atoms with Crippen LogP contribution < -0.4 is 5.32 Å². The fourth-order valence-corrected chi connectivity index (χ4v) is 4.56. The van der Waals surface area contributed by atoms with Crippen LogP contribution in [0.4, 0.5) is 0 Å². The van der Waals surface area contributed by atoms with Crippen LogP contribution >= 0.6 is 0 Å². The standard InChI is InChI=1S/C17H31N3O/c1-14-8-3-6-11-19(14)12-7-13-20-15(2)18-17(16(20)21)9-4-5-10-17/h14-15,18H,3-13H2,1-2H3. The molecule has 0 aromatic carbocycles.